The second-order valence-corrected chi connectivity index (χ2v) is 8.73. The predicted octanol–water partition coefficient (Wildman–Crippen LogP) is 5.21. The van der Waals surface area contributed by atoms with E-state index in [1.165, 1.54) is 4.90 Å². The number of furan rings is 1. The Balaban J connectivity index is 1.60. The van der Waals surface area contributed by atoms with Crippen molar-refractivity contribution in [1.82, 2.24) is 9.88 Å². The summed E-state index contributed by atoms with van der Waals surface area (Å²) in [6.45, 7) is 0.199. The number of pyridine rings is 1. The number of aliphatic hydroxyl groups is 1. The normalized spacial score (nSPS) is 16.2. The molecule has 3 heterocycles. The van der Waals surface area contributed by atoms with Crippen molar-refractivity contribution >= 4 is 45.3 Å². The summed E-state index contributed by atoms with van der Waals surface area (Å²) in [5.41, 5.74) is 2.10. The van der Waals surface area contributed by atoms with Crippen molar-refractivity contribution in [3.63, 3.8) is 0 Å². The highest BCUT2D eigenvalue weighted by molar-refractivity contribution is 14.1. The summed E-state index contributed by atoms with van der Waals surface area (Å²) in [5, 5.41) is 11.6. The highest BCUT2D eigenvalue weighted by Crippen LogP contribution is 2.40. The van der Waals surface area contributed by atoms with Crippen LogP contribution < -0.4 is 0 Å². The SMILES string of the molecule is O=C(C1=C(O)C(=O)N(Cc2cccnc2)C1c1ccc(I)cc1)c1cc2ccccc2o1. The number of halogens is 1. The van der Waals surface area contributed by atoms with Crippen LogP contribution in [0, 0.1) is 3.57 Å². The third-order valence-corrected chi connectivity index (χ3v) is 6.18. The van der Waals surface area contributed by atoms with E-state index in [0.29, 0.717) is 5.58 Å². The zero-order valence-electron chi connectivity index (χ0n) is 16.7. The van der Waals surface area contributed by atoms with Crippen molar-refractivity contribution in [3.05, 3.63) is 111 Å². The van der Waals surface area contributed by atoms with E-state index in [1.807, 2.05) is 48.5 Å². The van der Waals surface area contributed by atoms with Gasteiger partial charge in [0.1, 0.15) is 5.58 Å². The minimum Gasteiger partial charge on any atom is -0.503 e. The standard InChI is InChI=1S/C25H17IN2O4/c26-18-9-7-16(8-10-18)22-21(23(29)20-12-17-5-1-2-6-19(17)32-20)24(30)25(31)28(22)14-15-4-3-11-27-13-15/h1-13,22,30H,14H2. The number of Topliss-reactive ketones (excluding diaryl/α,β-unsaturated/α-hetero) is 1. The number of hydrogen-bond acceptors (Lipinski definition) is 5. The van der Waals surface area contributed by atoms with Crippen LogP contribution in [0.15, 0.2) is 94.9 Å². The molecule has 1 aliphatic heterocycles. The van der Waals surface area contributed by atoms with Crippen molar-refractivity contribution in [2.75, 3.05) is 0 Å². The summed E-state index contributed by atoms with van der Waals surface area (Å²) in [6, 6.07) is 19.3. The molecule has 1 atom stereocenters. The Morgan fingerprint density at radius 1 is 1.09 bits per heavy atom. The van der Waals surface area contributed by atoms with Crippen LogP contribution in [-0.2, 0) is 11.3 Å². The molecule has 2 aromatic heterocycles. The monoisotopic (exact) mass is 536 g/mol. The number of ketones is 1. The molecular weight excluding hydrogens is 519 g/mol. The fourth-order valence-electron chi connectivity index (χ4n) is 3.96. The lowest BCUT2D eigenvalue weighted by molar-refractivity contribution is -0.130. The zero-order valence-corrected chi connectivity index (χ0v) is 18.9. The highest BCUT2D eigenvalue weighted by atomic mass is 127. The van der Waals surface area contributed by atoms with Gasteiger partial charge in [-0.15, -0.1) is 0 Å². The number of carbonyl (C=O) groups excluding carboxylic acids is 2. The molecule has 1 unspecified atom stereocenters. The van der Waals surface area contributed by atoms with Gasteiger partial charge in [-0.2, -0.15) is 0 Å². The Labute approximate surface area is 197 Å². The van der Waals surface area contributed by atoms with Gasteiger partial charge in [0.25, 0.3) is 5.91 Å². The van der Waals surface area contributed by atoms with Crippen molar-refractivity contribution in [1.29, 1.82) is 0 Å². The van der Waals surface area contributed by atoms with Crippen molar-refractivity contribution in [2.24, 2.45) is 0 Å². The number of aliphatic hydroxyl groups excluding tert-OH is 1. The Morgan fingerprint density at radius 3 is 2.59 bits per heavy atom. The molecular formula is C25H17IN2O4. The van der Waals surface area contributed by atoms with Gasteiger partial charge >= 0.3 is 0 Å². The van der Waals surface area contributed by atoms with Gasteiger partial charge < -0.3 is 14.4 Å². The van der Waals surface area contributed by atoms with Crippen LogP contribution in [0.3, 0.4) is 0 Å². The number of amides is 1. The minimum absolute atomic E-state index is 0.0131. The summed E-state index contributed by atoms with van der Waals surface area (Å²) in [7, 11) is 0. The lowest BCUT2D eigenvalue weighted by atomic mass is 9.95. The van der Waals surface area contributed by atoms with Gasteiger partial charge in [-0.25, -0.2) is 0 Å². The van der Waals surface area contributed by atoms with Crippen LogP contribution in [0.25, 0.3) is 11.0 Å². The molecule has 1 aliphatic rings. The number of aromatic nitrogens is 1. The fraction of sp³-hybridized carbons (Fsp3) is 0.0800. The molecule has 0 aliphatic carbocycles. The molecule has 1 amide bonds. The molecule has 5 rings (SSSR count). The largest absolute Gasteiger partial charge is 0.503 e. The molecule has 2 aromatic carbocycles. The van der Waals surface area contributed by atoms with Crippen LogP contribution in [-0.4, -0.2) is 26.7 Å². The van der Waals surface area contributed by atoms with Gasteiger partial charge in [0.05, 0.1) is 11.6 Å². The number of para-hydroxylation sites is 1. The van der Waals surface area contributed by atoms with Crippen LogP contribution in [0.2, 0.25) is 0 Å². The maximum Gasteiger partial charge on any atom is 0.290 e. The van der Waals surface area contributed by atoms with Gasteiger partial charge in [-0.3, -0.25) is 14.6 Å². The van der Waals surface area contributed by atoms with E-state index < -0.39 is 23.5 Å². The van der Waals surface area contributed by atoms with Crippen LogP contribution in [0.1, 0.15) is 27.7 Å². The van der Waals surface area contributed by atoms with Crippen molar-refractivity contribution in [3.8, 4) is 0 Å². The molecule has 0 saturated carbocycles. The number of carbonyl (C=O) groups is 2. The number of rotatable bonds is 5. The van der Waals surface area contributed by atoms with Crippen LogP contribution in [0.5, 0.6) is 0 Å². The Hall–Kier alpha value is -3.46. The third-order valence-electron chi connectivity index (χ3n) is 5.46. The maximum absolute atomic E-state index is 13.5. The van der Waals surface area contributed by atoms with Gasteiger partial charge in [0.2, 0.25) is 5.78 Å². The molecule has 7 heteroatoms. The summed E-state index contributed by atoms with van der Waals surface area (Å²) in [4.78, 5) is 32.2. The second kappa shape index (κ2) is 8.23. The molecule has 32 heavy (non-hydrogen) atoms. The molecule has 158 valence electrons. The maximum atomic E-state index is 13.5. The molecule has 0 saturated heterocycles. The van der Waals surface area contributed by atoms with E-state index in [2.05, 4.69) is 27.6 Å². The van der Waals surface area contributed by atoms with Gasteiger partial charge in [-0.1, -0.05) is 36.4 Å². The van der Waals surface area contributed by atoms with E-state index >= 15 is 0 Å². The Bertz CT molecular complexity index is 1330. The van der Waals surface area contributed by atoms with E-state index in [1.54, 1.807) is 30.6 Å². The molecule has 0 bridgehead atoms. The number of benzene rings is 2. The summed E-state index contributed by atoms with van der Waals surface area (Å²) in [5.74, 6) is -1.58. The lowest BCUT2D eigenvalue weighted by Crippen LogP contribution is -2.30. The molecule has 6 nitrogen and oxygen atoms in total. The lowest BCUT2D eigenvalue weighted by Gasteiger charge is -2.26. The fourth-order valence-corrected chi connectivity index (χ4v) is 4.31. The van der Waals surface area contributed by atoms with Crippen molar-refractivity contribution in [2.45, 2.75) is 12.6 Å². The first kappa shape index (κ1) is 20.4. The number of nitrogens with zero attached hydrogens (tertiary/aromatic N) is 2. The van der Waals surface area contributed by atoms with Crippen molar-refractivity contribution < 1.29 is 19.1 Å². The number of hydrogen-bond donors (Lipinski definition) is 1. The van der Waals surface area contributed by atoms with Crippen LogP contribution in [0.4, 0.5) is 0 Å². The molecule has 0 spiro atoms. The Kier molecular flexibility index (Phi) is 5.26. The molecule has 4 aromatic rings. The van der Waals surface area contributed by atoms with E-state index in [9.17, 15) is 14.7 Å². The highest BCUT2D eigenvalue weighted by Gasteiger charge is 2.44. The summed E-state index contributed by atoms with van der Waals surface area (Å²) < 4.78 is 6.77. The molecule has 0 fully saturated rings. The van der Waals surface area contributed by atoms with Crippen LogP contribution >= 0.6 is 22.6 Å². The number of fused-ring (bicyclic) bond motifs is 1. The van der Waals surface area contributed by atoms with Gasteiger partial charge in [0.15, 0.2) is 11.5 Å². The smallest absolute Gasteiger partial charge is 0.290 e. The summed E-state index contributed by atoms with van der Waals surface area (Å²) >= 11 is 2.20. The first-order chi connectivity index (χ1) is 15.5. The van der Waals surface area contributed by atoms with Gasteiger partial charge in [0, 0.05) is 27.9 Å². The molecule has 0 radical (unpaired) electrons. The van der Waals surface area contributed by atoms with Gasteiger partial charge in [-0.05, 0) is 64.0 Å². The third kappa shape index (κ3) is 3.58. The first-order valence-electron chi connectivity index (χ1n) is 9.94. The average molecular weight is 536 g/mol. The molecule has 1 N–H and O–H groups in total. The summed E-state index contributed by atoms with van der Waals surface area (Å²) in [6.07, 6.45) is 3.31. The average Bonchev–Trinajstić information content (AvgIpc) is 3.35. The van der Waals surface area contributed by atoms with E-state index in [4.69, 9.17) is 4.42 Å². The first-order valence-corrected chi connectivity index (χ1v) is 11.0. The minimum atomic E-state index is -0.750. The second-order valence-electron chi connectivity index (χ2n) is 7.49. The Morgan fingerprint density at radius 2 is 1.88 bits per heavy atom. The zero-order chi connectivity index (χ0) is 22.2. The van der Waals surface area contributed by atoms with E-state index in [-0.39, 0.29) is 17.9 Å². The topological polar surface area (TPSA) is 83.6 Å². The quantitative estimate of drug-likeness (QED) is 0.280. The predicted molar refractivity (Wildman–Crippen MR) is 127 cm³/mol. The van der Waals surface area contributed by atoms with E-state index in [0.717, 1.165) is 20.1 Å².